The molecule has 0 saturated carbocycles. The lowest BCUT2D eigenvalue weighted by Crippen LogP contribution is -2.51. The van der Waals surface area contributed by atoms with E-state index in [9.17, 15) is 17.8 Å². The molecule has 1 unspecified atom stereocenters. The van der Waals surface area contributed by atoms with Crippen LogP contribution in [0.5, 0.6) is 0 Å². The summed E-state index contributed by atoms with van der Waals surface area (Å²) in [5, 5.41) is 0. The van der Waals surface area contributed by atoms with Crippen LogP contribution in [0.4, 0.5) is 5.69 Å². The summed E-state index contributed by atoms with van der Waals surface area (Å²) >= 11 is 1.89. The SMILES string of the molecule is COS(=O)(=O)[O-].C[N+]1(CN2CCCC2=O)CSc2ccccc21. The summed E-state index contributed by atoms with van der Waals surface area (Å²) in [5.41, 5.74) is 1.36. The monoisotopic (exact) mass is 360 g/mol. The van der Waals surface area contributed by atoms with Gasteiger partial charge in [0.2, 0.25) is 16.3 Å². The van der Waals surface area contributed by atoms with Gasteiger partial charge in [-0.15, -0.1) is 0 Å². The maximum atomic E-state index is 11.7. The molecular formula is C14H20N2O5S2. The minimum Gasteiger partial charge on any atom is -0.726 e. The van der Waals surface area contributed by atoms with E-state index in [1.165, 1.54) is 10.6 Å². The van der Waals surface area contributed by atoms with Gasteiger partial charge in [0, 0.05) is 19.0 Å². The first kappa shape index (κ1) is 18.2. The van der Waals surface area contributed by atoms with Crippen LogP contribution in [-0.4, -0.2) is 57.0 Å². The molecule has 0 N–H and O–H groups in total. The van der Waals surface area contributed by atoms with Crippen molar-refractivity contribution in [2.24, 2.45) is 0 Å². The summed E-state index contributed by atoms with van der Waals surface area (Å²) in [7, 11) is -1.38. The third kappa shape index (κ3) is 4.67. The fourth-order valence-corrected chi connectivity index (χ4v) is 3.91. The number of fused-ring (bicyclic) bond motifs is 1. The molecule has 2 heterocycles. The van der Waals surface area contributed by atoms with E-state index < -0.39 is 10.4 Å². The van der Waals surface area contributed by atoms with Crippen LogP contribution >= 0.6 is 11.8 Å². The molecule has 1 aromatic carbocycles. The molecule has 1 atom stereocenters. The Hall–Kier alpha value is -1.13. The van der Waals surface area contributed by atoms with Crippen molar-refractivity contribution in [3.8, 4) is 0 Å². The lowest BCUT2D eigenvalue weighted by Gasteiger charge is -2.32. The number of likely N-dealkylation sites (tertiary alicyclic amines) is 1. The quantitative estimate of drug-likeness (QED) is 0.459. The summed E-state index contributed by atoms with van der Waals surface area (Å²) in [6.07, 6.45) is 1.75. The predicted molar refractivity (Wildman–Crippen MR) is 87.4 cm³/mol. The van der Waals surface area contributed by atoms with Gasteiger partial charge in [0.05, 0.1) is 19.1 Å². The van der Waals surface area contributed by atoms with Crippen LogP contribution in [-0.2, 0) is 19.4 Å². The Bertz CT molecular complexity index is 680. The number of carbonyl (C=O) groups is 1. The molecular weight excluding hydrogens is 340 g/mol. The number of rotatable bonds is 3. The number of thioether (sulfide) groups is 1. The van der Waals surface area contributed by atoms with Crippen molar-refractivity contribution in [2.45, 2.75) is 17.7 Å². The van der Waals surface area contributed by atoms with Crippen molar-refractivity contribution in [2.75, 3.05) is 33.2 Å². The van der Waals surface area contributed by atoms with Gasteiger partial charge in [-0.1, -0.05) is 23.9 Å². The second kappa shape index (κ2) is 7.18. The summed E-state index contributed by atoms with van der Waals surface area (Å²) in [6.45, 7) is 1.75. The van der Waals surface area contributed by atoms with Crippen molar-refractivity contribution in [1.29, 1.82) is 0 Å². The molecule has 0 bridgehead atoms. The smallest absolute Gasteiger partial charge is 0.226 e. The molecule has 0 spiro atoms. The maximum absolute atomic E-state index is 11.7. The van der Waals surface area contributed by atoms with E-state index in [2.05, 4.69) is 35.5 Å². The minimum absolute atomic E-state index is 0.318. The minimum atomic E-state index is -4.41. The van der Waals surface area contributed by atoms with E-state index in [4.69, 9.17) is 0 Å². The summed E-state index contributed by atoms with van der Waals surface area (Å²) in [5.74, 6) is 1.35. The van der Waals surface area contributed by atoms with E-state index in [-0.39, 0.29) is 0 Å². The van der Waals surface area contributed by atoms with Gasteiger partial charge in [-0.3, -0.25) is 18.4 Å². The van der Waals surface area contributed by atoms with E-state index in [0.29, 0.717) is 5.91 Å². The van der Waals surface area contributed by atoms with Crippen molar-refractivity contribution in [3.63, 3.8) is 0 Å². The Balaban J connectivity index is 0.000000277. The third-order valence-corrected chi connectivity index (χ3v) is 5.57. The van der Waals surface area contributed by atoms with E-state index in [1.54, 1.807) is 0 Å². The van der Waals surface area contributed by atoms with E-state index in [1.807, 2.05) is 16.7 Å². The highest BCUT2D eigenvalue weighted by Gasteiger charge is 2.38. The highest BCUT2D eigenvalue weighted by atomic mass is 32.3. The Kier molecular flexibility index (Phi) is 5.69. The van der Waals surface area contributed by atoms with Crippen molar-refractivity contribution >= 4 is 33.8 Å². The summed E-state index contributed by atoms with van der Waals surface area (Å²) in [6, 6.07) is 8.54. The number of hydrogen-bond acceptors (Lipinski definition) is 6. The zero-order valence-corrected chi connectivity index (χ0v) is 14.7. The fraction of sp³-hybridized carbons (Fsp3) is 0.500. The molecule has 128 valence electrons. The van der Waals surface area contributed by atoms with Crippen LogP contribution < -0.4 is 4.48 Å². The van der Waals surface area contributed by atoms with Crippen LogP contribution in [0.15, 0.2) is 29.2 Å². The highest BCUT2D eigenvalue weighted by Crippen LogP contribution is 2.42. The Morgan fingerprint density at radius 2 is 2.04 bits per heavy atom. The van der Waals surface area contributed by atoms with Crippen molar-refractivity contribution < 1.29 is 21.9 Å². The highest BCUT2D eigenvalue weighted by molar-refractivity contribution is 7.99. The fourth-order valence-electron chi connectivity index (χ4n) is 2.65. The molecule has 0 radical (unpaired) electrons. The molecule has 1 aromatic rings. The largest absolute Gasteiger partial charge is 0.726 e. The molecule has 2 aliphatic rings. The molecule has 23 heavy (non-hydrogen) atoms. The first-order valence-corrected chi connectivity index (χ1v) is 9.43. The lowest BCUT2D eigenvalue weighted by atomic mass is 10.3. The van der Waals surface area contributed by atoms with Crippen molar-refractivity contribution in [3.05, 3.63) is 24.3 Å². The maximum Gasteiger partial charge on any atom is 0.226 e. The van der Waals surface area contributed by atoms with Crippen LogP contribution in [0.3, 0.4) is 0 Å². The molecule has 2 aliphatic heterocycles. The third-order valence-electron chi connectivity index (χ3n) is 3.81. The molecule has 1 amide bonds. The van der Waals surface area contributed by atoms with Gasteiger partial charge in [-0.05, 0) is 12.5 Å². The average Bonchev–Trinajstić information content (AvgIpc) is 3.05. The standard InChI is InChI=1S/C13H17N2OS.CH4O4S/c1-15(9-14-8-4-7-13(14)16)10-17-12-6-3-2-5-11(12)15;1-5-6(2,3)4/h2-3,5-6H,4,7-10H2,1H3;1H3,(H,2,3,4)/q+1;/p-1. The lowest BCUT2D eigenvalue weighted by molar-refractivity contribution is -0.129. The van der Waals surface area contributed by atoms with Crippen LogP contribution in [0.2, 0.25) is 0 Å². The van der Waals surface area contributed by atoms with E-state index >= 15 is 0 Å². The van der Waals surface area contributed by atoms with Gasteiger partial charge in [0.1, 0.15) is 11.6 Å². The Morgan fingerprint density at radius 1 is 1.39 bits per heavy atom. The molecule has 9 heteroatoms. The number of benzene rings is 1. The average molecular weight is 360 g/mol. The van der Waals surface area contributed by atoms with Crippen molar-refractivity contribution in [1.82, 2.24) is 9.38 Å². The number of quaternary nitrogens is 1. The van der Waals surface area contributed by atoms with Gasteiger partial charge in [-0.2, -0.15) is 0 Å². The van der Waals surface area contributed by atoms with Gasteiger partial charge in [0.25, 0.3) is 0 Å². The second-order valence-electron chi connectivity index (χ2n) is 5.61. The summed E-state index contributed by atoms with van der Waals surface area (Å²) in [4.78, 5) is 15.1. The Labute approximate surface area is 140 Å². The molecule has 0 aromatic heterocycles. The normalized spacial score (nSPS) is 23.4. The number of amides is 1. The van der Waals surface area contributed by atoms with Gasteiger partial charge >= 0.3 is 0 Å². The molecule has 3 rings (SSSR count). The molecule has 1 fully saturated rings. The first-order valence-electron chi connectivity index (χ1n) is 7.11. The topological polar surface area (TPSA) is 86.7 Å². The molecule has 1 saturated heterocycles. The van der Waals surface area contributed by atoms with Gasteiger partial charge in [-0.25, -0.2) is 8.42 Å². The van der Waals surface area contributed by atoms with Crippen LogP contribution in [0.25, 0.3) is 0 Å². The van der Waals surface area contributed by atoms with Gasteiger partial charge < -0.3 is 4.55 Å². The van der Waals surface area contributed by atoms with Gasteiger partial charge in [0.15, 0.2) is 6.67 Å². The van der Waals surface area contributed by atoms with E-state index in [0.717, 1.165) is 43.5 Å². The number of para-hydroxylation sites is 1. The summed E-state index contributed by atoms with van der Waals surface area (Å²) < 4.78 is 31.9. The molecule has 7 nitrogen and oxygen atoms in total. The Morgan fingerprint density at radius 3 is 2.61 bits per heavy atom. The molecule has 0 aliphatic carbocycles. The number of nitrogens with zero attached hydrogens (tertiary/aromatic N) is 2. The van der Waals surface area contributed by atoms with Crippen LogP contribution in [0.1, 0.15) is 12.8 Å². The predicted octanol–water partition coefficient (Wildman–Crippen LogP) is 1.36. The van der Waals surface area contributed by atoms with Crippen LogP contribution in [0, 0.1) is 0 Å². The second-order valence-corrected chi connectivity index (χ2v) is 7.75. The zero-order chi connectivity index (χ0) is 17.1. The zero-order valence-electron chi connectivity index (χ0n) is 13.1. The first-order chi connectivity index (χ1) is 10.7. The number of carbonyl (C=O) groups excluding carboxylic acids is 1. The number of hydrogen-bond donors (Lipinski definition) is 0.